The molecule has 1 rings (SSSR count). The maximum Gasteiger partial charge on any atom is 0.0388 e. The van der Waals surface area contributed by atoms with Crippen molar-refractivity contribution in [3.05, 3.63) is 35.9 Å². The first-order chi connectivity index (χ1) is 8.74. The molecule has 0 saturated heterocycles. The van der Waals surface area contributed by atoms with E-state index in [1.165, 1.54) is 37.0 Å². The summed E-state index contributed by atoms with van der Waals surface area (Å²) in [4.78, 5) is 4.60. The molecule has 0 saturated carbocycles. The fraction of sp³-hybridized carbons (Fsp3) is 0.562. The van der Waals surface area contributed by atoms with E-state index in [1.807, 2.05) is 18.2 Å². The van der Waals surface area contributed by atoms with Gasteiger partial charge in [-0.2, -0.15) is 0 Å². The van der Waals surface area contributed by atoms with Gasteiger partial charge in [-0.1, -0.05) is 56.5 Å². The molecule has 0 aromatic heterocycles. The summed E-state index contributed by atoms with van der Waals surface area (Å²) in [6.45, 7) is 5.27. The number of rotatable bonds is 8. The number of hydrogen-bond acceptors (Lipinski definition) is 2. The zero-order valence-corrected chi connectivity index (χ0v) is 11.7. The van der Waals surface area contributed by atoms with Crippen molar-refractivity contribution in [3.8, 4) is 0 Å². The number of nitrogens with zero attached hydrogens (tertiary/aromatic N) is 1. The lowest BCUT2D eigenvalue weighted by atomic mass is 10.0. The van der Waals surface area contributed by atoms with Crippen LogP contribution in [0, 0.1) is 0 Å². The molecular weight excluding hydrogens is 220 g/mol. The Hall–Kier alpha value is -1.15. The first kappa shape index (κ1) is 14.9. The van der Waals surface area contributed by atoms with Crippen molar-refractivity contribution < 1.29 is 0 Å². The first-order valence-corrected chi connectivity index (χ1v) is 7.04. The van der Waals surface area contributed by atoms with Gasteiger partial charge in [0.25, 0.3) is 0 Å². The van der Waals surface area contributed by atoms with Crippen molar-refractivity contribution in [3.63, 3.8) is 0 Å². The fourth-order valence-corrected chi connectivity index (χ4v) is 2.01. The number of benzene rings is 1. The second-order valence-electron chi connectivity index (χ2n) is 4.90. The minimum atomic E-state index is 0.0746. The van der Waals surface area contributed by atoms with E-state index in [0.717, 1.165) is 13.0 Å². The van der Waals surface area contributed by atoms with Gasteiger partial charge in [0.2, 0.25) is 0 Å². The van der Waals surface area contributed by atoms with Crippen molar-refractivity contribution in [1.29, 1.82) is 0 Å². The molecule has 0 radical (unpaired) electrons. The van der Waals surface area contributed by atoms with Crippen LogP contribution in [0.3, 0.4) is 0 Å². The minimum Gasteiger partial charge on any atom is -0.324 e. The predicted molar refractivity (Wildman–Crippen MR) is 80.1 cm³/mol. The van der Waals surface area contributed by atoms with Gasteiger partial charge in [0.1, 0.15) is 0 Å². The monoisotopic (exact) mass is 246 g/mol. The maximum absolute atomic E-state index is 6.17. The van der Waals surface area contributed by atoms with Gasteiger partial charge < -0.3 is 5.73 Å². The van der Waals surface area contributed by atoms with E-state index in [-0.39, 0.29) is 6.04 Å². The van der Waals surface area contributed by atoms with Crippen molar-refractivity contribution in [2.75, 3.05) is 6.54 Å². The molecule has 2 heteroatoms. The van der Waals surface area contributed by atoms with E-state index in [9.17, 15) is 0 Å². The maximum atomic E-state index is 6.17. The van der Waals surface area contributed by atoms with Gasteiger partial charge in [-0.3, -0.25) is 4.99 Å². The van der Waals surface area contributed by atoms with Crippen molar-refractivity contribution in [2.24, 2.45) is 10.7 Å². The molecule has 18 heavy (non-hydrogen) atoms. The summed E-state index contributed by atoms with van der Waals surface area (Å²) in [7, 11) is 0. The van der Waals surface area contributed by atoms with Crippen molar-refractivity contribution in [2.45, 2.75) is 52.0 Å². The highest BCUT2D eigenvalue weighted by molar-refractivity contribution is 5.82. The van der Waals surface area contributed by atoms with E-state index >= 15 is 0 Å². The minimum absolute atomic E-state index is 0.0746. The summed E-state index contributed by atoms with van der Waals surface area (Å²) in [5, 5.41) is 0. The number of unbranched alkanes of at least 4 members (excludes halogenated alkanes) is 3. The number of hydrogen-bond donors (Lipinski definition) is 1. The van der Waals surface area contributed by atoms with Gasteiger partial charge in [0.15, 0.2) is 0 Å². The molecule has 100 valence electrons. The molecule has 0 heterocycles. The Morgan fingerprint density at radius 2 is 1.89 bits per heavy atom. The molecule has 1 atom stereocenters. The van der Waals surface area contributed by atoms with Crippen molar-refractivity contribution >= 4 is 5.71 Å². The third-order valence-electron chi connectivity index (χ3n) is 3.14. The summed E-state index contributed by atoms with van der Waals surface area (Å²) in [5.74, 6) is 0. The van der Waals surface area contributed by atoms with E-state index in [1.54, 1.807) is 0 Å². The number of aliphatic imine (C=N–C) groups is 1. The molecule has 0 bridgehead atoms. The molecule has 2 nitrogen and oxygen atoms in total. The van der Waals surface area contributed by atoms with Crippen LogP contribution in [0.5, 0.6) is 0 Å². The molecule has 1 unspecified atom stereocenters. The molecular formula is C16H26N2. The van der Waals surface area contributed by atoms with E-state index in [4.69, 9.17) is 5.73 Å². The Kier molecular flexibility index (Phi) is 7.35. The molecule has 0 amide bonds. The zero-order valence-electron chi connectivity index (χ0n) is 11.7. The highest BCUT2D eigenvalue weighted by Gasteiger charge is 2.06. The van der Waals surface area contributed by atoms with Crippen LogP contribution >= 0.6 is 0 Å². The van der Waals surface area contributed by atoms with Crippen LogP contribution in [0.15, 0.2) is 35.3 Å². The summed E-state index contributed by atoms with van der Waals surface area (Å²) < 4.78 is 0. The molecule has 1 aromatic rings. The number of nitrogens with two attached hydrogens (primary N) is 1. The second kappa shape index (κ2) is 8.87. The topological polar surface area (TPSA) is 38.4 Å². The van der Waals surface area contributed by atoms with Crippen LogP contribution in [0.4, 0.5) is 0 Å². The average Bonchev–Trinajstić information content (AvgIpc) is 2.39. The molecule has 0 aliphatic carbocycles. The van der Waals surface area contributed by atoms with Crippen LogP contribution < -0.4 is 5.73 Å². The Balaban J connectivity index is 2.30. The fourth-order valence-electron chi connectivity index (χ4n) is 2.01. The largest absolute Gasteiger partial charge is 0.324 e. The molecule has 1 aromatic carbocycles. The molecule has 0 fully saturated rings. The van der Waals surface area contributed by atoms with E-state index in [0.29, 0.717) is 0 Å². The van der Waals surface area contributed by atoms with Crippen LogP contribution in [0.2, 0.25) is 0 Å². The molecule has 0 aliphatic heterocycles. The highest BCUT2D eigenvalue weighted by Crippen LogP contribution is 2.14. The van der Waals surface area contributed by atoms with Gasteiger partial charge in [0, 0.05) is 24.7 Å². The molecule has 0 spiro atoms. The summed E-state index contributed by atoms with van der Waals surface area (Å²) in [6.07, 6.45) is 5.95. The Morgan fingerprint density at radius 3 is 2.56 bits per heavy atom. The van der Waals surface area contributed by atoms with E-state index in [2.05, 4.69) is 31.0 Å². The lowest BCUT2D eigenvalue weighted by Crippen LogP contribution is -2.14. The normalized spacial score (nSPS) is 13.6. The lowest BCUT2D eigenvalue weighted by molar-refractivity contribution is 0.672. The predicted octanol–water partition coefficient (Wildman–Crippen LogP) is 4.12. The smallest absolute Gasteiger partial charge is 0.0388 e. The van der Waals surface area contributed by atoms with Gasteiger partial charge in [-0.05, 0) is 18.9 Å². The lowest BCUT2D eigenvalue weighted by Gasteiger charge is -2.11. The third kappa shape index (κ3) is 5.97. The van der Waals surface area contributed by atoms with Gasteiger partial charge in [-0.25, -0.2) is 0 Å². The first-order valence-electron chi connectivity index (χ1n) is 7.04. The van der Waals surface area contributed by atoms with Crippen LogP contribution in [-0.4, -0.2) is 12.3 Å². The Labute approximate surface area is 111 Å². The Morgan fingerprint density at radius 1 is 1.17 bits per heavy atom. The SMILES string of the molecule is CCCCCCN=C(C)CC(N)c1ccccc1. The summed E-state index contributed by atoms with van der Waals surface area (Å²) >= 11 is 0. The van der Waals surface area contributed by atoms with E-state index < -0.39 is 0 Å². The van der Waals surface area contributed by atoms with Crippen LogP contribution in [-0.2, 0) is 0 Å². The molecule has 0 aliphatic rings. The summed E-state index contributed by atoms with van der Waals surface area (Å²) in [5.41, 5.74) is 8.53. The average molecular weight is 246 g/mol. The van der Waals surface area contributed by atoms with Crippen molar-refractivity contribution in [1.82, 2.24) is 0 Å². The Bertz CT molecular complexity index is 343. The molecule has 2 N–H and O–H groups in total. The quantitative estimate of drug-likeness (QED) is 0.544. The van der Waals surface area contributed by atoms with Gasteiger partial charge in [-0.15, -0.1) is 0 Å². The summed E-state index contributed by atoms with van der Waals surface area (Å²) in [6, 6.07) is 10.3. The second-order valence-corrected chi connectivity index (χ2v) is 4.90. The van der Waals surface area contributed by atoms with Crippen LogP contribution in [0.1, 0.15) is 57.6 Å². The highest BCUT2D eigenvalue weighted by atomic mass is 14.7. The standard InChI is InChI=1S/C16H26N2/c1-3-4-5-9-12-18-14(2)13-16(17)15-10-7-6-8-11-15/h6-8,10-11,16H,3-5,9,12-13,17H2,1-2H3. The van der Waals surface area contributed by atoms with Gasteiger partial charge in [0.05, 0.1) is 0 Å². The van der Waals surface area contributed by atoms with Gasteiger partial charge >= 0.3 is 0 Å². The third-order valence-corrected chi connectivity index (χ3v) is 3.14. The van der Waals surface area contributed by atoms with Crippen LogP contribution in [0.25, 0.3) is 0 Å². The zero-order chi connectivity index (χ0) is 13.2.